The molecule has 2 nitrogen and oxygen atoms in total. The van der Waals surface area contributed by atoms with Crippen LogP contribution in [0.1, 0.15) is 24.5 Å². The molecule has 0 spiro atoms. The maximum Gasteiger partial charge on any atom is 0.0234 e. The predicted molar refractivity (Wildman–Crippen MR) is 97.5 cm³/mol. The van der Waals surface area contributed by atoms with E-state index in [0.29, 0.717) is 6.04 Å². The molecule has 1 saturated heterocycles. The van der Waals surface area contributed by atoms with Crippen molar-refractivity contribution >= 4 is 0 Å². The highest BCUT2D eigenvalue weighted by Crippen LogP contribution is 2.14. The number of hydrogen-bond donors (Lipinski definition) is 0. The van der Waals surface area contributed by atoms with E-state index in [9.17, 15) is 0 Å². The minimum atomic E-state index is 0.656. The third-order valence-corrected chi connectivity index (χ3v) is 4.85. The van der Waals surface area contributed by atoms with E-state index in [1.807, 2.05) is 0 Å². The highest BCUT2D eigenvalue weighted by molar-refractivity contribution is 5.15. The van der Waals surface area contributed by atoms with Crippen LogP contribution in [0.2, 0.25) is 0 Å². The largest absolute Gasteiger partial charge is 0.298 e. The van der Waals surface area contributed by atoms with Crippen LogP contribution in [0.15, 0.2) is 60.7 Å². The Labute approximate surface area is 140 Å². The van der Waals surface area contributed by atoms with Gasteiger partial charge in [-0.3, -0.25) is 9.80 Å². The Hall–Kier alpha value is -1.64. The van der Waals surface area contributed by atoms with Gasteiger partial charge in [-0.1, -0.05) is 60.7 Å². The number of rotatable bonds is 6. The van der Waals surface area contributed by atoms with Crippen molar-refractivity contribution in [3.05, 3.63) is 71.8 Å². The third kappa shape index (κ3) is 4.92. The Balaban J connectivity index is 1.42. The zero-order valence-electron chi connectivity index (χ0n) is 14.2. The van der Waals surface area contributed by atoms with Gasteiger partial charge < -0.3 is 0 Å². The molecule has 0 unspecified atom stereocenters. The van der Waals surface area contributed by atoms with Gasteiger partial charge in [0, 0.05) is 32.2 Å². The van der Waals surface area contributed by atoms with E-state index < -0.39 is 0 Å². The summed E-state index contributed by atoms with van der Waals surface area (Å²) >= 11 is 0. The molecule has 1 atom stereocenters. The van der Waals surface area contributed by atoms with E-state index in [2.05, 4.69) is 77.4 Å². The minimum Gasteiger partial charge on any atom is -0.298 e. The van der Waals surface area contributed by atoms with Gasteiger partial charge in [0.1, 0.15) is 0 Å². The quantitative estimate of drug-likeness (QED) is 0.800. The summed E-state index contributed by atoms with van der Waals surface area (Å²) < 4.78 is 0. The molecule has 2 aromatic carbocycles. The number of hydrogen-bond acceptors (Lipinski definition) is 2. The summed E-state index contributed by atoms with van der Waals surface area (Å²) in [4.78, 5) is 5.25. The second-order valence-corrected chi connectivity index (χ2v) is 6.69. The van der Waals surface area contributed by atoms with Crippen LogP contribution < -0.4 is 0 Å². The SMILES string of the molecule is C[C@H]1CN(Cc2ccccc2)CCN1CCCc1ccccc1. The van der Waals surface area contributed by atoms with Crippen LogP contribution >= 0.6 is 0 Å². The average Bonchev–Trinajstić information content (AvgIpc) is 2.59. The normalized spacial score (nSPS) is 19.8. The van der Waals surface area contributed by atoms with Gasteiger partial charge in [-0.2, -0.15) is 0 Å². The Bertz CT molecular complexity index is 567. The van der Waals surface area contributed by atoms with Crippen LogP contribution in [-0.2, 0) is 13.0 Å². The molecule has 0 bridgehead atoms. The molecular formula is C21H28N2. The summed E-state index contributed by atoms with van der Waals surface area (Å²) in [6.45, 7) is 8.24. The van der Waals surface area contributed by atoms with Crippen LogP contribution in [0.4, 0.5) is 0 Å². The van der Waals surface area contributed by atoms with Crippen LogP contribution in [-0.4, -0.2) is 42.0 Å². The lowest BCUT2D eigenvalue weighted by Crippen LogP contribution is -2.51. The molecule has 1 aliphatic rings. The van der Waals surface area contributed by atoms with Crippen LogP contribution in [0.3, 0.4) is 0 Å². The lowest BCUT2D eigenvalue weighted by atomic mass is 10.1. The number of benzene rings is 2. The van der Waals surface area contributed by atoms with Crippen molar-refractivity contribution in [1.82, 2.24) is 9.80 Å². The number of nitrogens with zero attached hydrogens (tertiary/aromatic N) is 2. The van der Waals surface area contributed by atoms with Gasteiger partial charge in [-0.15, -0.1) is 0 Å². The van der Waals surface area contributed by atoms with Crippen molar-refractivity contribution in [2.75, 3.05) is 26.2 Å². The summed E-state index contributed by atoms with van der Waals surface area (Å²) in [5, 5.41) is 0. The van der Waals surface area contributed by atoms with E-state index in [0.717, 1.165) is 6.54 Å². The molecule has 0 amide bonds. The highest BCUT2D eigenvalue weighted by Gasteiger charge is 2.22. The molecular weight excluding hydrogens is 280 g/mol. The zero-order valence-corrected chi connectivity index (χ0v) is 14.2. The molecule has 2 heteroatoms. The second-order valence-electron chi connectivity index (χ2n) is 6.69. The molecule has 122 valence electrons. The topological polar surface area (TPSA) is 6.48 Å². The van der Waals surface area contributed by atoms with Crippen molar-refractivity contribution in [3.63, 3.8) is 0 Å². The average molecular weight is 308 g/mol. The molecule has 0 radical (unpaired) electrons. The van der Waals surface area contributed by atoms with E-state index >= 15 is 0 Å². The van der Waals surface area contributed by atoms with Gasteiger partial charge in [-0.25, -0.2) is 0 Å². The van der Waals surface area contributed by atoms with Gasteiger partial charge in [0.2, 0.25) is 0 Å². The lowest BCUT2D eigenvalue weighted by Gasteiger charge is -2.40. The fraction of sp³-hybridized carbons (Fsp3) is 0.429. The number of piperazine rings is 1. The number of aryl methyl sites for hydroxylation is 1. The Morgan fingerprint density at radius 2 is 1.52 bits per heavy atom. The predicted octanol–water partition coefficient (Wildman–Crippen LogP) is 3.83. The first-order chi connectivity index (χ1) is 11.3. The van der Waals surface area contributed by atoms with E-state index in [4.69, 9.17) is 0 Å². The third-order valence-electron chi connectivity index (χ3n) is 4.85. The maximum atomic E-state index is 2.66. The van der Waals surface area contributed by atoms with Gasteiger partial charge >= 0.3 is 0 Å². The Morgan fingerprint density at radius 1 is 0.870 bits per heavy atom. The van der Waals surface area contributed by atoms with Crippen molar-refractivity contribution in [3.8, 4) is 0 Å². The Morgan fingerprint density at radius 3 is 2.17 bits per heavy atom. The lowest BCUT2D eigenvalue weighted by molar-refractivity contribution is 0.0782. The van der Waals surface area contributed by atoms with Gasteiger partial charge in [0.25, 0.3) is 0 Å². The molecule has 0 aliphatic carbocycles. The maximum absolute atomic E-state index is 2.66. The molecule has 23 heavy (non-hydrogen) atoms. The summed E-state index contributed by atoms with van der Waals surface area (Å²) in [6.07, 6.45) is 2.45. The molecule has 2 aromatic rings. The van der Waals surface area contributed by atoms with Gasteiger partial charge in [0.05, 0.1) is 0 Å². The van der Waals surface area contributed by atoms with Crippen molar-refractivity contribution < 1.29 is 0 Å². The van der Waals surface area contributed by atoms with Crippen molar-refractivity contribution in [1.29, 1.82) is 0 Å². The van der Waals surface area contributed by atoms with Crippen LogP contribution in [0.5, 0.6) is 0 Å². The summed E-state index contributed by atoms with van der Waals surface area (Å²) in [7, 11) is 0. The van der Waals surface area contributed by atoms with Crippen molar-refractivity contribution in [2.24, 2.45) is 0 Å². The minimum absolute atomic E-state index is 0.656. The molecule has 0 N–H and O–H groups in total. The summed E-state index contributed by atoms with van der Waals surface area (Å²) in [6, 6.07) is 22.3. The molecule has 0 saturated carbocycles. The van der Waals surface area contributed by atoms with E-state index in [1.165, 1.54) is 50.1 Å². The fourth-order valence-electron chi connectivity index (χ4n) is 3.52. The van der Waals surface area contributed by atoms with Gasteiger partial charge in [0.15, 0.2) is 0 Å². The van der Waals surface area contributed by atoms with Gasteiger partial charge in [-0.05, 0) is 37.4 Å². The molecule has 1 fully saturated rings. The van der Waals surface area contributed by atoms with E-state index in [1.54, 1.807) is 0 Å². The molecule has 1 aliphatic heterocycles. The van der Waals surface area contributed by atoms with Crippen LogP contribution in [0, 0.1) is 0 Å². The highest BCUT2D eigenvalue weighted by atomic mass is 15.3. The molecule has 3 rings (SSSR count). The van der Waals surface area contributed by atoms with Crippen LogP contribution in [0.25, 0.3) is 0 Å². The second kappa shape index (κ2) is 8.28. The first kappa shape index (κ1) is 16.2. The first-order valence-corrected chi connectivity index (χ1v) is 8.85. The smallest absolute Gasteiger partial charge is 0.0234 e. The Kier molecular flexibility index (Phi) is 5.84. The molecule has 0 aromatic heterocycles. The molecule has 1 heterocycles. The fourth-order valence-corrected chi connectivity index (χ4v) is 3.52. The summed E-state index contributed by atoms with van der Waals surface area (Å²) in [5.41, 5.74) is 2.89. The monoisotopic (exact) mass is 308 g/mol. The zero-order chi connectivity index (χ0) is 15.9. The standard InChI is InChI=1S/C21H28N2/c1-19-17-22(18-21-11-6-3-7-12-21)15-16-23(19)14-8-13-20-9-4-2-5-10-20/h2-7,9-12,19H,8,13-18H2,1H3/t19-/m0/s1. The van der Waals surface area contributed by atoms with Crippen molar-refractivity contribution in [2.45, 2.75) is 32.4 Å². The first-order valence-electron chi connectivity index (χ1n) is 8.85. The van der Waals surface area contributed by atoms with E-state index in [-0.39, 0.29) is 0 Å². The summed E-state index contributed by atoms with van der Waals surface area (Å²) in [5.74, 6) is 0.